The Labute approximate surface area is 67.8 Å². The average Bonchev–Trinajstić information content (AvgIpc) is 1.81. The molecule has 0 saturated heterocycles. The monoisotopic (exact) mass is 190 g/mol. The predicted molar refractivity (Wildman–Crippen MR) is 35.4 cm³/mol. The van der Waals surface area contributed by atoms with Crippen molar-refractivity contribution in [2.75, 3.05) is 0 Å². The maximum Gasteiger partial charge on any atom is 0.284 e. The van der Waals surface area contributed by atoms with Gasteiger partial charge < -0.3 is 0 Å². The normalized spacial score (nSPS) is 15.0. The van der Waals surface area contributed by atoms with Gasteiger partial charge in [0, 0.05) is 13.8 Å². The van der Waals surface area contributed by atoms with Crippen LogP contribution in [-0.4, -0.2) is 17.5 Å². The fourth-order valence-corrected chi connectivity index (χ4v) is 1.01. The van der Waals surface area contributed by atoms with Crippen molar-refractivity contribution in [3.8, 4) is 0 Å². The molecule has 0 amide bonds. The number of alkyl halides is 5. The summed E-state index contributed by atoms with van der Waals surface area (Å²) in [6, 6.07) is 0. The summed E-state index contributed by atoms with van der Waals surface area (Å²) in [6.07, 6.45) is -0.917. The quantitative estimate of drug-likeness (QED) is 0.598. The largest absolute Gasteiger partial charge is 0.284 e. The SMILES string of the molecule is CCC(F)(C(C)(F)F)C(C)(F)F. The third-order valence-electron chi connectivity index (χ3n) is 1.88. The summed E-state index contributed by atoms with van der Waals surface area (Å²) in [4.78, 5) is 0. The lowest BCUT2D eigenvalue weighted by molar-refractivity contribution is -0.233. The standard InChI is InChI=1S/C7H11F5/c1-4-7(12,5(2,8)9)6(3,10)11/h4H2,1-3H3. The van der Waals surface area contributed by atoms with E-state index in [2.05, 4.69) is 0 Å². The molecule has 0 aliphatic carbocycles. The van der Waals surface area contributed by atoms with E-state index in [0.29, 0.717) is 0 Å². The Morgan fingerprint density at radius 2 is 1.08 bits per heavy atom. The molecule has 0 unspecified atom stereocenters. The number of halogens is 5. The fraction of sp³-hybridized carbons (Fsp3) is 1.00. The van der Waals surface area contributed by atoms with Gasteiger partial charge >= 0.3 is 0 Å². The van der Waals surface area contributed by atoms with Crippen molar-refractivity contribution >= 4 is 0 Å². The summed E-state index contributed by atoms with van der Waals surface area (Å²) in [6.45, 7) is 1.29. The van der Waals surface area contributed by atoms with Crippen LogP contribution in [0.3, 0.4) is 0 Å². The molecule has 0 heterocycles. The van der Waals surface area contributed by atoms with Gasteiger partial charge in [-0.3, -0.25) is 0 Å². The molecule has 0 aromatic heterocycles. The van der Waals surface area contributed by atoms with Crippen molar-refractivity contribution in [2.24, 2.45) is 0 Å². The van der Waals surface area contributed by atoms with Crippen molar-refractivity contribution in [1.82, 2.24) is 0 Å². The first kappa shape index (κ1) is 11.6. The van der Waals surface area contributed by atoms with E-state index in [4.69, 9.17) is 0 Å². The molecule has 12 heavy (non-hydrogen) atoms. The maximum absolute atomic E-state index is 13.0. The van der Waals surface area contributed by atoms with Gasteiger partial charge in [-0.2, -0.15) is 0 Å². The van der Waals surface area contributed by atoms with Crippen molar-refractivity contribution in [1.29, 1.82) is 0 Å². The number of hydrogen-bond donors (Lipinski definition) is 0. The molecular weight excluding hydrogens is 179 g/mol. The third kappa shape index (κ3) is 1.69. The van der Waals surface area contributed by atoms with Crippen LogP contribution in [-0.2, 0) is 0 Å². The van der Waals surface area contributed by atoms with Gasteiger partial charge in [0.05, 0.1) is 0 Å². The van der Waals surface area contributed by atoms with Gasteiger partial charge in [-0.05, 0) is 6.42 Å². The minimum atomic E-state index is -4.03. The van der Waals surface area contributed by atoms with Gasteiger partial charge in [0.2, 0.25) is 5.67 Å². The van der Waals surface area contributed by atoms with Gasteiger partial charge in [-0.1, -0.05) is 6.92 Å². The maximum atomic E-state index is 13.0. The lowest BCUT2D eigenvalue weighted by atomic mass is 9.89. The van der Waals surface area contributed by atoms with Crippen LogP contribution in [0.4, 0.5) is 22.0 Å². The molecule has 0 aliphatic rings. The Kier molecular flexibility index (Phi) is 2.77. The Morgan fingerprint density at radius 3 is 1.08 bits per heavy atom. The van der Waals surface area contributed by atoms with Crippen molar-refractivity contribution in [3.63, 3.8) is 0 Å². The van der Waals surface area contributed by atoms with Crippen LogP contribution in [0.2, 0.25) is 0 Å². The summed E-state index contributed by atoms with van der Waals surface area (Å²) in [5.41, 5.74) is -3.75. The lowest BCUT2D eigenvalue weighted by Crippen LogP contribution is -2.54. The van der Waals surface area contributed by atoms with Crippen LogP contribution >= 0.6 is 0 Å². The first-order valence-corrected chi connectivity index (χ1v) is 3.51. The molecular formula is C7H11F5. The first-order valence-electron chi connectivity index (χ1n) is 3.51. The molecule has 0 spiro atoms. The van der Waals surface area contributed by atoms with E-state index in [9.17, 15) is 22.0 Å². The molecule has 0 rings (SSSR count). The van der Waals surface area contributed by atoms with E-state index >= 15 is 0 Å². The molecule has 0 saturated carbocycles. The van der Waals surface area contributed by atoms with Gasteiger partial charge in [0.1, 0.15) is 0 Å². The molecule has 74 valence electrons. The smallest absolute Gasteiger partial charge is 0.231 e. The molecule has 5 heteroatoms. The van der Waals surface area contributed by atoms with Gasteiger partial charge in [0.15, 0.2) is 0 Å². The number of rotatable bonds is 3. The summed E-state index contributed by atoms with van der Waals surface area (Å²) in [5, 5.41) is 0. The van der Waals surface area contributed by atoms with Gasteiger partial charge in [0.25, 0.3) is 11.8 Å². The van der Waals surface area contributed by atoms with Crippen LogP contribution < -0.4 is 0 Å². The minimum Gasteiger partial charge on any atom is -0.231 e. The second kappa shape index (κ2) is 2.85. The Bertz CT molecular complexity index is 138. The third-order valence-corrected chi connectivity index (χ3v) is 1.88. The molecule has 0 aliphatic heterocycles. The molecule has 0 aromatic rings. The highest BCUT2D eigenvalue weighted by atomic mass is 19.3. The molecule has 0 fully saturated rings. The minimum absolute atomic E-state index is 0.161. The summed E-state index contributed by atoms with van der Waals surface area (Å²) < 4.78 is 62.7. The zero-order chi connectivity index (χ0) is 10.2. The molecule has 0 bridgehead atoms. The Morgan fingerprint density at radius 1 is 0.833 bits per heavy atom. The second-order valence-corrected chi connectivity index (χ2v) is 2.93. The summed E-state index contributed by atoms with van der Waals surface area (Å²) in [7, 11) is 0. The van der Waals surface area contributed by atoms with Crippen LogP contribution in [0.5, 0.6) is 0 Å². The molecule has 0 N–H and O–H groups in total. The van der Waals surface area contributed by atoms with Gasteiger partial charge in [-0.25, -0.2) is 22.0 Å². The topological polar surface area (TPSA) is 0 Å². The average molecular weight is 190 g/mol. The van der Waals surface area contributed by atoms with Crippen molar-refractivity contribution < 1.29 is 22.0 Å². The number of hydrogen-bond acceptors (Lipinski definition) is 0. The Balaban J connectivity index is 4.95. The van der Waals surface area contributed by atoms with E-state index < -0.39 is 23.9 Å². The van der Waals surface area contributed by atoms with E-state index in [1.54, 1.807) is 0 Å². The van der Waals surface area contributed by atoms with Crippen LogP contribution in [0.1, 0.15) is 27.2 Å². The van der Waals surface area contributed by atoms with Gasteiger partial charge in [-0.15, -0.1) is 0 Å². The molecule has 0 radical (unpaired) electrons. The highest BCUT2D eigenvalue weighted by Gasteiger charge is 2.63. The fourth-order valence-electron chi connectivity index (χ4n) is 1.01. The highest BCUT2D eigenvalue weighted by molar-refractivity contribution is 4.98. The summed E-state index contributed by atoms with van der Waals surface area (Å²) in [5.74, 6) is -8.06. The second-order valence-electron chi connectivity index (χ2n) is 2.93. The van der Waals surface area contributed by atoms with E-state index in [-0.39, 0.29) is 13.8 Å². The molecule has 0 aromatic carbocycles. The highest BCUT2D eigenvalue weighted by Crippen LogP contribution is 2.45. The Hall–Kier alpha value is -0.350. The van der Waals surface area contributed by atoms with Crippen molar-refractivity contribution in [3.05, 3.63) is 0 Å². The molecule has 0 nitrogen and oxygen atoms in total. The first-order chi connectivity index (χ1) is 5.06. The van der Waals surface area contributed by atoms with E-state index in [0.717, 1.165) is 6.92 Å². The zero-order valence-electron chi connectivity index (χ0n) is 7.10. The van der Waals surface area contributed by atoms with Crippen molar-refractivity contribution in [2.45, 2.75) is 44.7 Å². The predicted octanol–water partition coefficient (Wildman–Crippen LogP) is 3.42. The molecule has 0 atom stereocenters. The zero-order valence-corrected chi connectivity index (χ0v) is 7.10. The van der Waals surface area contributed by atoms with Crippen LogP contribution in [0.25, 0.3) is 0 Å². The lowest BCUT2D eigenvalue weighted by Gasteiger charge is -2.34. The van der Waals surface area contributed by atoms with Crippen LogP contribution in [0.15, 0.2) is 0 Å². The van der Waals surface area contributed by atoms with Crippen LogP contribution in [0, 0.1) is 0 Å². The van der Waals surface area contributed by atoms with E-state index in [1.807, 2.05) is 0 Å². The van der Waals surface area contributed by atoms with E-state index in [1.165, 1.54) is 0 Å². The summed E-state index contributed by atoms with van der Waals surface area (Å²) >= 11 is 0.